The molecule has 1 aliphatic carbocycles. The molecule has 7 heteroatoms. The zero-order chi connectivity index (χ0) is 14.5. The third-order valence-electron chi connectivity index (χ3n) is 2.85. The van der Waals surface area contributed by atoms with Crippen molar-refractivity contribution in [3.8, 4) is 5.88 Å². The van der Waals surface area contributed by atoms with Crippen molar-refractivity contribution in [1.82, 2.24) is 9.97 Å². The van der Waals surface area contributed by atoms with Crippen molar-refractivity contribution < 1.29 is 9.66 Å². The Morgan fingerprint density at radius 1 is 1.55 bits per heavy atom. The van der Waals surface area contributed by atoms with Gasteiger partial charge in [0.05, 0.1) is 11.5 Å². The lowest BCUT2D eigenvalue weighted by Crippen LogP contribution is -2.11. The van der Waals surface area contributed by atoms with Crippen LogP contribution in [0.4, 0.5) is 11.5 Å². The molecule has 1 fully saturated rings. The summed E-state index contributed by atoms with van der Waals surface area (Å²) in [6, 6.07) is 0. The van der Waals surface area contributed by atoms with Gasteiger partial charge in [0.1, 0.15) is 5.82 Å². The molecular formula is C13H18N4O3. The van der Waals surface area contributed by atoms with E-state index in [1.807, 2.05) is 6.92 Å². The number of ether oxygens (including phenoxy) is 1. The molecule has 1 aromatic rings. The topological polar surface area (TPSA) is 90.2 Å². The summed E-state index contributed by atoms with van der Waals surface area (Å²) in [5.41, 5.74) is -0.204. The summed E-state index contributed by atoms with van der Waals surface area (Å²) in [5.74, 6) is 1.18. The van der Waals surface area contributed by atoms with Crippen LogP contribution in [0.15, 0.2) is 12.7 Å². The second kappa shape index (κ2) is 6.31. The Kier molecular flexibility index (Phi) is 4.49. The second-order valence-corrected chi connectivity index (χ2v) is 4.63. The highest BCUT2D eigenvalue weighted by Gasteiger charge is 2.32. The van der Waals surface area contributed by atoms with Gasteiger partial charge in [0, 0.05) is 12.5 Å². The Balaban J connectivity index is 2.40. The van der Waals surface area contributed by atoms with E-state index in [4.69, 9.17) is 4.74 Å². The average molecular weight is 278 g/mol. The van der Waals surface area contributed by atoms with Crippen LogP contribution in [-0.4, -0.2) is 28.0 Å². The molecule has 0 aliphatic heterocycles. The quantitative estimate of drug-likeness (QED) is 0.446. The van der Waals surface area contributed by atoms with Gasteiger partial charge in [-0.25, -0.2) is 4.98 Å². The average Bonchev–Trinajstić information content (AvgIpc) is 3.26. The fourth-order valence-corrected chi connectivity index (χ4v) is 1.73. The molecule has 0 spiro atoms. The van der Waals surface area contributed by atoms with Crippen LogP contribution in [0.3, 0.4) is 0 Å². The van der Waals surface area contributed by atoms with Crippen LogP contribution in [-0.2, 0) is 0 Å². The van der Waals surface area contributed by atoms with E-state index >= 15 is 0 Å². The molecule has 2 rings (SSSR count). The molecule has 0 bridgehead atoms. The molecule has 0 amide bonds. The van der Waals surface area contributed by atoms with Crippen molar-refractivity contribution in [1.29, 1.82) is 0 Å². The van der Waals surface area contributed by atoms with E-state index in [-0.39, 0.29) is 17.4 Å². The zero-order valence-electron chi connectivity index (χ0n) is 11.5. The Morgan fingerprint density at radius 3 is 2.85 bits per heavy atom. The maximum Gasteiger partial charge on any atom is 0.372 e. The van der Waals surface area contributed by atoms with Gasteiger partial charge in [-0.2, -0.15) is 4.98 Å². The monoisotopic (exact) mass is 278 g/mol. The third kappa shape index (κ3) is 3.23. The number of nitrogens with one attached hydrogen (secondary N) is 1. The van der Waals surface area contributed by atoms with E-state index in [1.54, 1.807) is 6.08 Å². The predicted octanol–water partition coefficient (Wildman–Crippen LogP) is 2.65. The van der Waals surface area contributed by atoms with Crippen molar-refractivity contribution in [3.05, 3.63) is 28.6 Å². The van der Waals surface area contributed by atoms with Crippen LogP contribution in [0.2, 0.25) is 0 Å². The summed E-state index contributed by atoms with van der Waals surface area (Å²) in [7, 11) is 0. The van der Waals surface area contributed by atoms with Crippen LogP contribution >= 0.6 is 0 Å². The molecule has 1 heterocycles. The highest BCUT2D eigenvalue weighted by atomic mass is 16.6. The first-order valence-electron chi connectivity index (χ1n) is 6.71. The van der Waals surface area contributed by atoms with E-state index in [1.165, 1.54) is 0 Å². The molecule has 1 aliphatic rings. The largest absolute Gasteiger partial charge is 0.473 e. The molecule has 1 aromatic heterocycles. The first kappa shape index (κ1) is 14.2. The van der Waals surface area contributed by atoms with Crippen molar-refractivity contribution in [2.24, 2.45) is 0 Å². The van der Waals surface area contributed by atoms with Gasteiger partial charge in [0.15, 0.2) is 0 Å². The van der Waals surface area contributed by atoms with Crippen LogP contribution in [0, 0.1) is 10.1 Å². The number of hydrogen-bond donors (Lipinski definition) is 1. The molecule has 20 heavy (non-hydrogen) atoms. The highest BCUT2D eigenvalue weighted by molar-refractivity contribution is 5.62. The van der Waals surface area contributed by atoms with Gasteiger partial charge in [-0.3, -0.25) is 10.1 Å². The third-order valence-corrected chi connectivity index (χ3v) is 2.85. The van der Waals surface area contributed by atoms with Gasteiger partial charge in [-0.15, -0.1) is 6.58 Å². The first-order chi connectivity index (χ1) is 9.67. The van der Waals surface area contributed by atoms with Crippen molar-refractivity contribution >= 4 is 11.5 Å². The number of aromatic nitrogens is 2. The van der Waals surface area contributed by atoms with E-state index in [0.717, 1.165) is 19.3 Å². The second-order valence-electron chi connectivity index (χ2n) is 4.63. The van der Waals surface area contributed by atoms with Gasteiger partial charge in [0.25, 0.3) is 5.88 Å². The molecule has 0 atom stereocenters. The van der Waals surface area contributed by atoms with E-state index in [9.17, 15) is 10.1 Å². The van der Waals surface area contributed by atoms with Gasteiger partial charge < -0.3 is 10.1 Å². The normalized spacial score (nSPS) is 13.8. The summed E-state index contributed by atoms with van der Waals surface area (Å²) in [5, 5.41) is 14.1. The van der Waals surface area contributed by atoms with E-state index < -0.39 is 4.92 Å². The van der Waals surface area contributed by atoms with Gasteiger partial charge in [-0.1, -0.05) is 13.0 Å². The minimum atomic E-state index is -0.507. The number of anilines is 1. The summed E-state index contributed by atoms with van der Waals surface area (Å²) >= 11 is 0. The summed E-state index contributed by atoms with van der Waals surface area (Å²) in [6.45, 7) is 6.31. The van der Waals surface area contributed by atoms with Gasteiger partial charge in [-0.05, 0) is 19.3 Å². The van der Waals surface area contributed by atoms with Crippen molar-refractivity contribution in [2.45, 2.75) is 32.1 Å². The zero-order valence-corrected chi connectivity index (χ0v) is 11.5. The smallest absolute Gasteiger partial charge is 0.372 e. The van der Waals surface area contributed by atoms with Gasteiger partial charge >= 0.3 is 5.69 Å². The molecule has 0 aromatic carbocycles. The molecule has 0 unspecified atom stereocenters. The number of hydrogen-bond acceptors (Lipinski definition) is 6. The molecule has 0 radical (unpaired) electrons. The lowest BCUT2D eigenvalue weighted by Gasteiger charge is -2.10. The Hall–Kier alpha value is -2.18. The van der Waals surface area contributed by atoms with E-state index in [0.29, 0.717) is 24.9 Å². The maximum absolute atomic E-state index is 11.2. The summed E-state index contributed by atoms with van der Waals surface area (Å²) in [4.78, 5) is 19.2. The molecular weight excluding hydrogens is 260 g/mol. The van der Waals surface area contributed by atoms with Crippen LogP contribution in [0.25, 0.3) is 0 Å². The van der Waals surface area contributed by atoms with Crippen molar-refractivity contribution in [2.75, 3.05) is 18.5 Å². The Bertz CT molecular complexity index is 515. The molecule has 1 N–H and O–H groups in total. The fraction of sp³-hybridized carbons (Fsp3) is 0.538. The van der Waals surface area contributed by atoms with Crippen LogP contribution in [0.1, 0.15) is 37.9 Å². The first-order valence-corrected chi connectivity index (χ1v) is 6.71. The maximum atomic E-state index is 11.2. The Morgan fingerprint density at radius 2 is 2.30 bits per heavy atom. The lowest BCUT2D eigenvalue weighted by molar-refractivity contribution is -0.385. The molecule has 7 nitrogen and oxygen atoms in total. The van der Waals surface area contributed by atoms with E-state index in [2.05, 4.69) is 21.9 Å². The standard InChI is InChI=1S/C13H18N4O3/c1-3-7-14-12-10(17(18)19)13(20-8-4-2)16-11(15-12)9-5-6-9/h3,9H,1,4-8H2,2H3,(H,14,15,16). The fourth-order valence-electron chi connectivity index (χ4n) is 1.73. The molecule has 1 saturated carbocycles. The summed E-state index contributed by atoms with van der Waals surface area (Å²) in [6.07, 6.45) is 4.42. The molecule has 108 valence electrons. The Labute approximate surface area is 117 Å². The predicted molar refractivity (Wildman–Crippen MR) is 75.1 cm³/mol. The number of nitrogens with zero attached hydrogens (tertiary/aromatic N) is 3. The van der Waals surface area contributed by atoms with Crippen molar-refractivity contribution in [3.63, 3.8) is 0 Å². The minimum Gasteiger partial charge on any atom is -0.473 e. The lowest BCUT2D eigenvalue weighted by atomic mass is 10.3. The molecule has 0 saturated heterocycles. The highest BCUT2D eigenvalue weighted by Crippen LogP contribution is 2.41. The SMILES string of the molecule is C=CCNc1nc(C2CC2)nc(OCCC)c1[N+](=O)[O-]. The number of nitro groups is 1. The number of rotatable bonds is 8. The minimum absolute atomic E-state index is 0.0558. The van der Waals surface area contributed by atoms with Crippen LogP contribution in [0.5, 0.6) is 5.88 Å². The summed E-state index contributed by atoms with van der Waals surface area (Å²) < 4.78 is 5.43. The van der Waals surface area contributed by atoms with Gasteiger partial charge in [0.2, 0.25) is 5.82 Å². The van der Waals surface area contributed by atoms with Crippen LogP contribution < -0.4 is 10.1 Å².